The van der Waals surface area contributed by atoms with Gasteiger partial charge in [-0.05, 0) is 39.0 Å². The Labute approximate surface area is 286 Å². The number of nitrogens with zero attached hydrogens (tertiary/aromatic N) is 1. The van der Waals surface area contributed by atoms with Crippen LogP contribution in [-0.2, 0) is 33.0 Å². The van der Waals surface area contributed by atoms with Gasteiger partial charge in [-0.25, -0.2) is 0 Å². The van der Waals surface area contributed by atoms with E-state index < -0.39 is 5.60 Å². The molecule has 0 aromatic heterocycles. The molecule has 4 heteroatoms. The molecule has 0 spiro atoms. The first-order chi connectivity index (χ1) is 23.7. The third kappa shape index (κ3) is 8.21. The van der Waals surface area contributed by atoms with Crippen molar-refractivity contribution >= 4 is 5.57 Å². The molecular formula is C44H47NO3. The minimum atomic E-state index is -0.766. The van der Waals surface area contributed by atoms with Gasteiger partial charge in [0.2, 0.25) is 0 Å². The summed E-state index contributed by atoms with van der Waals surface area (Å²) in [6, 6.07) is 51.7. The Hall–Kier alpha value is -4.32. The van der Waals surface area contributed by atoms with Crippen molar-refractivity contribution in [1.29, 1.82) is 0 Å². The Balaban J connectivity index is 1.31. The zero-order valence-corrected chi connectivity index (χ0v) is 28.2. The van der Waals surface area contributed by atoms with Crippen LogP contribution in [0.4, 0.5) is 0 Å². The topological polar surface area (TPSA) is 30.9 Å². The number of hydrogen-bond donors (Lipinski definition) is 0. The predicted octanol–water partition coefficient (Wildman–Crippen LogP) is 9.01. The van der Waals surface area contributed by atoms with E-state index in [1.54, 1.807) is 7.11 Å². The van der Waals surface area contributed by atoms with E-state index in [9.17, 15) is 0 Å². The summed E-state index contributed by atoms with van der Waals surface area (Å²) >= 11 is 0. The van der Waals surface area contributed by atoms with Crippen molar-refractivity contribution in [3.05, 3.63) is 185 Å². The van der Waals surface area contributed by atoms with Crippen molar-refractivity contribution in [3.63, 3.8) is 0 Å². The van der Waals surface area contributed by atoms with Crippen LogP contribution in [0, 0.1) is 11.8 Å². The van der Waals surface area contributed by atoms with Gasteiger partial charge >= 0.3 is 0 Å². The van der Waals surface area contributed by atoms with E-state index in [-0.39, 0.29) is 5.92 Å². The summed E-state index contributed by atoms with van der Waals surface area (Å²) in [5.41, 5.74) is 7.67. The standard InChI is InChI=1S/C44H47NO3/c1-35(31-46-2)32-47-33-37-23-25-38(26-24-37)43-27-28-45(29-36-15-7-3-8-16-36)30-39(43)34-48-44(40-17-9-4-10-18-40,41-19-11-5-12-20-41)42-21-13-6-14-22-42/h3-27,35,39H,28-34H2,1-2H3/t35-,39-/m0/s1. The van der Waals surface area contributed by atoms with E-state index in [1.807, 2.05) is 0 Å². The minimum absolute atomic E-state index is 0.162. The summed E-state index contributed by atoms with van der Waals surface area (Å²) in [5, 5.41) is 0. The van der Waals surface area contributed by atoms with Crippen molar-refractivity contribution in [2.75, 3.05) is 40.0 Å². The SMILES string of the molecule is COC[C@H](C)COCc1ccc(C2=CCN(Cc3ccccc3)C[C@H]2COC(c2ccccc2)(c2ccccc2)c2ccccc2)cc1. The predicted molar refractivity (Wildman–Crippen MR) is 195 cm³/mol. The zero-order chi connectivity index (χ0) is 33.0. The number of methoxy groups -OCH3 is 1. The fourth-order valence-corrected chi connectivity index (χ4v) is 6.84. The molecule has 1 heterocycles. The van der Waals surface area contributed by atoms with Gasteiger partial charge in [-0.2, -0.15) is 0 Å². The lowest BCUT2D eigenvalue weighted by atomic mass is 9.79. The summed E-state index contributed by atoms with van der Waals surface area (Å²) < 4.78 is 18.6. The number of benzene rings is 5. The molecule has 1 aliphatic heterocycles. The Kier molecular flexibility index (Phi) is 11.7. The van der Waals surface area contributed by atoms with E-state index in [1.165, 1.54) is 22.3 Å². The molecule has 6 rings (SSSR count). The largest absolute Gasteiger partial charge is 0.384 e. The van der Waals surface area contributed by atoms with Crippen LogP contribution in [0.1, 0.15) is 40.3 Å². The molecule has 0 fully saturated rings. The lowest BCUT2D eigenvalue weighted by molar-refractivity contribution is -0.00526. The second-order valence-electron chi connectivity index (χ2n) is 12.9. The molecule has 5 aromatic rings. The Morgan fingerprint density at radius 2 is 1.21 bits per heavy atom. The third-order valence-corrected chi connectivity index (χ3v) is 9.19. The van der Waals surface area contributed by atoms with Crippen LogP contribution < -0.4 is 0 Å². The fourth-order valence-electron chi connectivity index (χ4n) is 6.84. The molecule has 0 saturated heterocycles. The Morgan fingerprint density at radius 3 is 1.75 bits per heavy atom. The first kappa shape index (κ1) is 33.6. The van der Waals surface area contributed by atoms with Gasteiger partial charge in [-0.15, -0.1) is 0 Å². The van der Waals surface area contributed by atoms with Crippen LogP contribution in [0.2, 0.25) is 0 Å². The van der Waals surface area contributed by atoms with Crippen LogP contribution in [0.25, 0.3) is 5.57 Å². The maximum absolute atomic E-state index is 7.40. The molecule has 0 unspecified atom stereocenters. The van der Waals surface area contributed by atoms with Gasteiger partial charge in [-0.1, -0.05) is 159 Å². The van der Waals surface area contributed by atoms with Gasteiger partial charge in [0, 0.05) is 38.6 Å². The highest BCUT2D eigenvalue weighted by Gasteiger charge is 2.39. The van der Waals surface area contributed by atoms with Gasteiger partial charge < -0.3 is 14.2 Å². The molecule has 246 valence electrons. The van der Waals surface area contributed by atoms with Crippen LogP contribution in [0.5, 0.6) is 0 Å². The zero-order valence-electron chi connectivity index (χ0n) is 28.2. The van der Waals surface area contributed by atoms with Crippen molar-refractivity contribution in [2.45, 2.75) is 25.7 Å². The molecule has 0 aliphatic carbocycles. The van der Waals surface area contributed by atoms with Crippen molar-refractivity contribution < 1.29 is 14.2 Å². The molecule has 1 aliphatic rings. The van der Waals surface area contributed by atoms with Crippen LogP contribution in [0.3, 0.4) is 0 Å². The van der Waals surface area contributed by atoms with Crippen LogP contribution >= 0.6 is 0 Å². The molecule has 4 nitrogen and oxygen atoms in total. The van der Waals surface area contributed by atoms with E-state index in [2.05, 4.69) is 163 Å². The lowest BCUT2D eigenvalue weighted by Gasteiger charge is -2.39. The smallest absolute Gasteiger partial charge is 0.143 e. The highest BCUT2D eigenvalue weighted by Crippen LogP contribution is 2.42. The molecule has 5 aromatic carbocycles. The molecule has 0 bridgehead atoms. The minimum Gasteiger partial charge on any atom is -0.384 e. The Morgan fingerprint density at radius 1 is 0.667 bits per heavy atom. The molecule has 0 saturated carbocycles. The van der Waals surface area contributed by atoms with Gasteiger partial charge in [-0.3, -0.25) is 4.90 Å². The van der Waals surface area contributed by atoms with E-state index in [4.69, 9.17) is 14.2 Å². The Bertz CT molecular complexity index is 1590. The maximum atomic E-state index is 7.40. The molecule has 0 N–H and O–H groups in total. The second kappa shape index (κ2) is 16.7. The summed E-state index contributed by atoms with van der Waals surface area (Å²) in [6.07, 6.45) is 2.41. The average molecular weight is 638 g/mol. The van der Waals surface area contributed by atoms with Crippen molar-refractivity contribution in [3.8, 4) is 0 Å². The summed E-state index contributed by atoms with van der Waals surface area (Å²) in [7, 11) is 1.74. The van der Waals surface area contributed by atoms with E-state index >= 15 is 0 Å². The quantitative estimate of drug-likeness (QED) is 0.107. The highest BCUT2D eigenvalue weighted by molar-refractivity contribution is 5.69. The van der Waals surface area contributed by atoms with Gasteiger partial charge in [0.05, 0.1) is 26.4 Å². The monoisotopic (exact) mass is 637 g/mol. The highest BCUT2D eigenvalue weighted by atomic mass is 16.5. The summed E-state index contributed by atoms with van der Waals surface area (Å²) in [5.74, 6) is 0.533. The van der Waals surface area contributed by atoms with Crippen molar-refractivity contribution in [1.82, 2.24) is 4.90 Å². The first-order valence-corrected chi connectivity index (χ1v) is 17.1. The lowest BCUT2D eigenvalue weighted by Crippen LogP contribution is -2.39. The summed E-state index contributed by atoms with van der Waals surface area (Å²) in [6.45, 7) is 7.38. The normalized spacial score (nSPS) is 16.0. The summed E-state index contributed by atoms with van der Waals surface area (Å²) in [4.78, 5) is 2.53. The van der Waals surface area contributed by atoms with Crippen LogP contribution in [0.15, 0.2) is 152 Å². The first-order valence-electron chi connectivity index (χ1n) is 17.1. The van der Waals surface area contributed by atoms with E-state index in [0.717, 1.165) is 36.3 Å². The third-order valence-electron chi connectivity index (χ3n) is 9.19. The molecular weight excluding hydrogens is 590 g/mol. The van der Waals surface area contributed by atoms with Gasteiger partial charge in [0.25, 0.3) is 0 Å². The van der Waals surface area contributed by atoms with Crippen molar-refractivity contribution in [2.24, 2.45) is 11.8 Å². The molecule has 2 atom stereocenters. The number of hydrogen-bond acceptors (Lipinski definition) is 4. The van der Waals surface area contributed by atoms with E-state index in [0.29, 0.717) is 32.3 Å². The molecule has 0 radical (unpaired) electrons. The second-order valence-corrected chi connectivity index (χ2v) is 12.9. The average Bonchev–Trinajstić information content (AvgIpc) is 3.14. The molecule has 48 heavy (non-hydrogen) atoms. The van der Waals surface area contributed by atoms with Gasteiger partial charge in [0.15, 0.2) is 0 Å². The maximum Gasteiger partial charge on any atom is 0.143 e. The fraction of sp³-hybridized carbons (Fsp3) is 0.273. The molecule has 0 amide bonds. The van der Waals surface area contributed by atoms with Gasteiger partial charge in [0.1, 0.15) is 5.60 Å². The number of rotatable bonds is 15. The number of ether oxygens (including phenoxy) is 3. The van der Waals surface area contributed by atoms with Crippen LogP contribution in [-0.4, -0.2) is 44.9 Å².